The molecule has 7 heteroatoms. The molecule has 2 N–H and O–H groups in total. The predicted molar refractivity (Wildman–Crippen MR) is 91.0 cm³/mol. The number of rotatable bonds is 8. The summed E-state index contributed by atoms with van der Waals surface area (Å²) in [5.41, 5.74) is -0.925. The zero-order chi connectivity index (χ0) is 19.2. The Labute approximate surface area is 149 Å². The van der Waals surface area contributed by atoms with Crippen LogP contribution in [0.25, 0.3) is 0 Å². The second-order valence-electron chi connectivity index (χ2n) is 5.64. The molecule has 1 amide bonds. The Morgan fingerprint density at radius 1 is 1.12 bits per heavy atom. The topological polar surface area (TPSA) is 75.6 Å². The Kier molecular flexibility index (Phi) is 6.27. The van der Waals surface area contributed by atoms with Gasteiger partial charge in [0.15, 0.2) is 5.54 Å². The van der Waals surface area contributed by atoms with Crippen LogP contribution < -0.4 is 10.1 Å². The van der Waals surface area contributed by atoms with Gasteiger partial charge in [0, 0.05) is 5.56 Å². The van der Waals surface area contributed by atoms with Gasteiger partial charge in [-0.1, -0.05) is 55.5 Å². The standard InChI is InChI=1S/C19H19F2NO4/c1-2-19(17(24)25,14-9-4-3-5-10-14)22-16(23)12-13-8-6-7-11-15(13)26-18(20)21/h3-11,18H,2,12H2,1H3,(H,22,23)(H,24,25). The summed E-state index contributed by atoms with van der Waals surface area (Å²) in [6.07, 6.45) is -0.169. The average molecular weight is 363 g/mol. The fourth-order valence-corrected chi connectivity index (χ4v) is 2.73. The van der Waals surface area contributed by atoms with E-state index >= 15 is 0 Å². The molecule has 0 aliphatic rings. The molecule has 0 saturated heterocycles. The summed E-state index contributed by atoms with van der Waals surface area (Å²) in [7, 11) is 0. The quantitative estimate of drug-likeness (QED) is 0.754. The summed E-state index contributed by atoms with van der Waals surface area (Å²) in [5.74, 6) is -1.92. The molecule has 1 atom stereocenters. The molecule has 2 rings (SSSR count). The summed E-state index contributed by atoms with van der Waals surface area (Å²) < 4.78 is 29.4. The van der Waals surface area contributed by atoms with Crippen LogP contribution in [0.1, 0.15) is 24.5 Å². The van der Waals surface area contributed by atoms with Crippen molar-refractivity contribution in [1.82, 2.24) is 5.32 Å². The summed E-state index contributed by atoms with van der Waals surface area (Å²) in [4.78, 5) is 24.4. The van der Waals surface area contributed by atoms with Crippen molar-refractivity contribution in [3.8, 4) is 5.75 Å². The SMILES string of the molecule is CCC(NC(=O)Cc1ccccc1OC(F)F)(C(=O)O)c1ccccc1. The van der Waals surface area contributed by atoms with Gasteiger partial charge in [-0.05, 0) is 18.1 Å². The molecule has 0 spiro atoms. The largest absolute Gasteiger partial charge is 0.479 e. The van der Waals surface area contributed by atoms with E-state index in [9.17, 15) is 23.5 Å². The van der Waals surface area contributed by atoms with Gasteiger partial charge >= 0.3 is 12.6 Å². The number of para-hydroxylation sites is 1. The van der Waals surface area contributed by atoms with Crippen LogP contribution in [0.3, 0.4) is 0 Å². The van der Waals surface area contributed by atoms with E-state index in [0.717, 1.165) is 0 Å². The highest BCUT2D eigenvalue weighted by Gasteiger charge is 2.40. The maximum Gasteiger partial charge on any atom is 0.387 e. The molecule has 0 heterocycles. The number of benzene rings is 2. The maximum atomic E-state index is 12.5. The number of carboxylic acid groups (broad SMARTS) is 1. The minimum Gasteiger partial charge on any atom is -0.479 e. The first-order valence-corrected chi connectivity index (χ1v) is 8.01. The van der Waals surface area contributed by atoms with Crippen molar-refractivity contribution in [1.29, 1.82) is 0 Å². The lowest BCUT2D eigenvalue weighted by Gasteiger charge is -2.30. The van der Waals surface area contributed by atoms with Crippen LogP contribution in [0.5, 0.6) is 5.75 Å². The first-order chi connectivity index (χ1) is 12.4. The smallest absolute Gasteiger partial charge is 0.387 e. The Morgan fingerprint density at radius 3 is 2.31 bits per heavy atom. The van der Waals surface area contributed by atoms with Gasteiger partial charge in [-0.3, -0.25) is 4.79 Å². The van der Waals surface area contributed by atoms with Gasteiger partial charge in [0.2, 0.25) is 5.91 Å². The minimum absolute atomic E-state index is 0.116. The van der Waals surface area contributed by atoms with Crippen LogP contribution in [0, 0.1) is 0 Å². The zero-order valence-corrected chi connectivity index (χ0v) is 14.1. The number of carbonyl (C=O) groups is 2. The van der Waals surface area contributed by atoms with E-state index in [4.69, 9.17) is 0 Å². The van der Waals surface area contributed by atoms with Crippen molar-refractivity contribution in [3.05, 3.63) is 65.7 Å². The van der Waals surface area contributed by atoms with Gasteiger partial charge in [0.05, 0.1) is 6.42 Å². The zero-order valence-electron chi connectivity index (χ0n) is 14.1. The molecule has 1 unspecified atom stereocenters. The Bertz CT molecular complexity index is 767. The highest BCUT2D eigenvalue weighted by atomic mass is 19.3. The van der Waals surface area contributed by atoms with Crippen molar-refractivity contribution >= 4 is 11.9 Å². The second kappa shape index (κ2) is 8.42. The highest BCUT2D eigenvalue weighted by molar-refractivity contribution is 5.89. The number of amides is 1. The van der Waals surface area contributed by atoms with Crippen molar-refractivity contribution < 1.29 is 28.2 Å². The second-order valence-corrected chi connectivity index (χ2v) is 5.64. The van der Waals surface area contributed by atoms with Gasteiger partial charge < -0.3 is 15.2 Å². The van der Waals surface area contributed by atoms with E-state index < -0.39 is 24.0 Å². The molecule has 2 aromatic rings. The van der Waals surface area contributed by atoms with Crippen LogP contribution in [-0.2, 0) is 21.5 Å². The molecule has 0 saturated carbocycles. The van der Waals surface area contributed by atoms with Crippen molar-refractivity contribution in [2.45, 2.75) is 31.9 Å². The molecule has 0 bridgehead atoms. The maximum absolute atomic E-state index is 12.5. The molecule has 0 aromatic heterocycles. The summed E-state index contributed by atoms with van der Waals surface area (Å²) in [5, 5.41) is 12.3. The van der Waals surface area contributed by atoms with Crippen LogP contribution in [0.4, 0.5) is 8.78 Å². The van der Waals surface area contributed by atoms with Gasteiger partial charge in [-0.2, -0.15) is 8.78 Å². The third-order valence-corrected chi connectivity index (χ3v) is 4.05. The number of nitrogens with one attached hydrogen (secondary N) is 1. The molecule has 138 valence electrons. The molecule has 0 aliphatic carbocycles. The molecule has 5 nitrogen and oxygen atoms in total. The third kappa shape index (κ3) is 4.36. The minimum atomic E-state index is -3.02. The summed E-state index contributed by atoms with van der Waals surface area (Å²) in [6, 6.07) is 14.2. The fourth-order valence-electron chi connectivity index (χ4n) is 2.73. The highest BCUT2D eigenvalue weighted by Crippen LogP contribution is 2.27. The number of carbonyl (C=O) groups excluding carboxylic acids is 1. The Morgan fingerprint density at radius 2 is 1.73 bits per heavy atom. The number of hydrogen-bond acceptors (Lipinski definition) is 3. The predicted octanol–water partition coefficient (Wildman–Crippen LogP) is 3.34. The van der Waals surface area contributed by atoms with Gasteiger partial charge in [-0.15, -0.1) is 0 Å². The number of aliphatic carboxylic acids is 1. The third-order valence-electron chi connectivity index (χ3n) is 4.05. The molecule has 26 heavy (non-hydrogen) atoms. The lowest BCUT2D eigenvalue weighted by atomic mass is 9.87. The Balaban J connectivity index is 2.26. The first kappa shape index (κ1) is 19.4. The fraction of sp³-hybridized carbons (Fsp3) is 0.263. The number of ether oxygens (including phenoxy) is 1. The van der Waals surface area contributed by atoms with E-state index in [-0.39, 0.29) is 24.2 Å². The summed E-state index contributed by atoms with van der Waals surface area (Å²) >= 11 is 0. The van der Waals surface area contributed by atoms with Crippen LogP contribution in [-0.4, -0.2) is 23.6 Å². The molecule has 2 aromatic carbocycles. The number of carboxylic acids is 1. The Hall–Kier alpha value is -2.96. The molecular weight excluding hydrogens is 344 g/mol. The van der Waals surface area contributed by atoms with Gasteiger partial charge in [0.1, 0.15) is 5.75 Å². The lowest BCUT2D eigenvalue weighted by molar-refractivity contribution is -0.148. The van der Waals surface area contributed by atoms with Crippen molar-refractivity contribution in [3.63, 3.8) is 0 Å². The van der Waals surface area contributed by atoms with Crippen LogP contribution in [0.15, 0.2) is 54.6 Å². The van der Waals surface area contributed by atoms with Gasteiger partial charge in [0.25, 0.3) is 0 Å². The number of hydrogen-bond donors (Lipinski definition) is 2. The van der Waals surface area contributed by atoms with E-state index in [0.29, 0.717) is 5.56 Å². The normalized spacial score (nSPS) is 13.1. The first-order valence-electron chi connectivity index (χ1n) is 8.01. The van der Waals surface area contributed by atoms with E-state index in [1.165, 1.54) is 18.2 Å². The lowest BCUT2D eigenvalue weighted by Crippen LogP contribution is -2.52. The molecular formula is C19H19F2NO4. The average Bonchev–Trinajstić information content (AvgIpc) is 2.61. The molecule has 0 fully saturated rings. The number of alkyl halides is 2. The van der Waals surface area contributed by atoms with Crippen LogP contribution >= 0.6 is 0 Å². The van der Waals surface area contributed by atoms with Crippen molar-refractivity contribution in [2.75, 3.05) is 0 Å². The summed E-state index contributed by atoms with van der Waals surface area (Å²) in [6.45, 7) is -1.37. The molecule has 0 aliphatic heterocycles. The van der Waals surface area contributed by atoms with E-state index in [1.54, 1.807) is 43.3 Å². The number of halogens is 2. The van der Waals surface area contributed by atoms with E-state index in [2.05, 4.69) is 10.1 Å². The monoisotopic (exact) mass is 363 g/mol. The van der Waals surface area contributed by atoms with Gasteiger partial charge in [-0.25, -0.2) is 4.79 Å². The van der Waals surface area contributed by atoms with E-state index in [1.807, 2.05) is 0 Å². The molecule has 0 radical (unpaired) electrons. The van der Waals surface area contributed by atoms with Crippen LogP contribution in [0.2, 0.25) is 0 Å². The van der Waals surface area contributed by atoms with Crippen molar-refractivity contribution in [2.24, 2.45) is 0 Å².